The first-order valence-electron chi connectivity index (χ1n) is 8.51. The van der Waals surface area contributed by atoms with Gasteiger partial charge < -0.3 is 10.2 Å². The van der Waals surface area contributed by atoms with Gasteiger partial charge in [-0.3, -0.25) is 4.68 Å². The monoisotopic (exact) mass is 347 g/mol. The van der Waals surface area contributed by atoms with Gasteiger partial charge in [-0.2, -0.15) is 5.10 Å². The van der Waals surface area contributed by atoms with Crippen LogP contribution in [0.4, 0.5) is 4.79 Å². The Morgan fingerprint density at radius 3 is 2.79 bits per heavy atom. The molecule has 2 heterocycles. The van der Waals surface area contributed by atoms with E-state index in [1.165, 1.54) is 28.9 Å². The molecule has 1 atom stereocenters. The molecule has 3 rings (SSSR count). The summed E-state index contributed by atoms with van der Waals surface area (Å²) in [5.41, 5.74) is 0. The highest BCUT2D eigenvalue weighted by molar-refractivity contribution is 7.11. The highest BCUT2D eigenvalue weighted by Gasteiger charge is 2.28. The lowest BCUT2D eigenvalue weighted by molar-refractivity contribution is 0.168. The molecular formula is C17H25N5OS. The minimum atomic E-state index is -0.168. The van der Waals surface area contributed by atoms with Crippen LogP contribution in [0.2, 0.25) is 0 Å². The summed E-state index contributed by atoms with van der Waals surface area (Å²) in [7, 11) is 1.84. The van der Waals surface area contributed by atoms with E-state index in [4.69, 9.17) is 0 Å². The zero-order chi connectivity index (χ0) is 17.1. The molecule has 0 spiro atoms. The van der Waals surface area contributed by atoms with Gasteiger partial charge >= 0.3 is 6.03 Å². The van der Waals surface area contributed by atoms with Crippen molar-refractivity contribution in [2.24, 2.45) is 7.05 Å². The first-order chi connectivity index (χ1) is 11.5. The van der Waals surface area contributed by atoms with Crippen LogP contribution in [0.15, 0.2) is 18.5 Å². The summed E-state index contributed by atoms with van der Waals surface area (Å²) in [6, 6.07) is 4.40. The van der Waals surface area contributed by atoms with E-state index in [9.17, 15) is 4.79 Å². The molecule has 2 aromatic heterocycles. The fourth-order valence-corrected chi connectivity index (χ4v) is 4.24. The topological polar surface area (TPSA) is 63.1 Å². The smallest absolute Gasteiger partial charge is 0.318 e. The summed E-state index contributed by atoms with van der Waals surface area (Å²) in [6.45, 7) is 4.73. The molecule has 1 aliphatic carbocycles. The molecule has 1 aliphatic rings. The van der Waals surface area contributed by atoms with Gasteiger partial charge in [-0.25, -0.2) is 9.78 Å². The van der Waals surface area contributed by atoms with Gasteiger partial charge in [0, 0.05) is 22.8 Å². The first kappa shape index (κ1) is 17.0. The van der Waals surface area contributed by atoms with Gasteiger partial charge in [-0.05, 0) is 38.8 Å². The fraction of sp³-hybridized carbons (Fsp3) is 0.588. The Kier molecular flexibility index (Phi) is 5.18. The van der Waals surface area contributed by atoms with Crippen LogP contribution in [0, 0.1) is 6.92 Å². The lowest BCUT2D eigenvalue weighted by Crippen LogP contribution is -2.45. The predicted molar refractivity (Wildman–Crippen MR) is 94.8 cm³/mol. The van der Waals surface area contributed by atoms with Gasteiger partial charge in [0.1, 0.15) is 12.2 Å². The number of carbonyl (C=O) groups excluding carboxylic acids is 1. The van der Waals surface area contributed by atoms with Crippen molar-refractivity contribution in [2.75, 3.05) is 0 Å². The molecule has 0 aliphatic heterocycles. The molecule has 6 nitrogen and oxygen atoms in total. The maximum absolute atomic E-state index is 12.9. The third-order valence-electron chi connectivity index (χ3n) is 4.62. The number of aromatic nitrogens is 3. The van der Waals surface area contributed by atoms with Crippen LogP contribution in [-0.2, 0) is 13.6 Å². The van der Waals surface area contributed by atoms with Crippen LogP contribution in [0.5, 0.6) is 0 Å². The van der Waals surface area contributed by atoms with Crippen molar-refractivity contribution in [3.05, 3.63) is 34.0 Å². The molecule has 1 saturated carbocycles. The van der Waals surface area contributed by atoms with Crippen molar-refractivity contribution in [2.45, 2.75) is 58.2 Å². The summed E-state index contributed by atoms with van der Waals surface area (Å²) in [4.78, 5) is 21.7. The molecule has 0 aromatic carbocycles. The van der Waals surface area contributed by atoms with Crippen LogP contribution < -0.4 is 5.32 Å². The zero-order valence-electron chi connectivity index (χ0n) is 14.5. The van der Waals surface area contributed by atoms with Crippen LogP contribution >= 0.6 is 11.3 Å². The predicted octanol–water partition coefficient (Wildman–Crippen LogP) is 3.40. The minimum absolute atomic E-state index is 0.0107. The average Bonchev–Trinajstić information content (AvgIpc) is 3.26. The number of thiophene rings is 1. The summed E-state index contributed by atoms with van der Waals surface area (Å²) in [5, 5.41) is 7.18. The van der Waals surface area contributed by atoms with Crippen molar-refractivity contribution in [1.29, 1.82) is 0 Å². The van der Waals surface area contributed by atoms with Crippen molar-refractivity contribution >= 4 is 17.4 Å². The number of nitrogens with zero attached hydrogens (tertiary/aromatic N) is 4. The van der Waals surface area contributed by atoms with E-state index >= 15 is 0 Å². The number of rotatable bonds is 5. The van der Waals surface area contributed by atoms with Crippen LogP contribution in [0.25, 0.3) is 0 Å². The second-order valence-electron chi connectivity index (χ2n) is 6.49. The maximum atomic E-state index is 12.9. The molecule has 24 heavy (non-hydrogen) atoms. The number of aryl methyl sites for hydroxylation is 2. The van der Waals surface area contributed by atoms with Crippen LogP contribution in [0.1, 0.15) is 54.2 Å². The summed E-state index contributed by atoms with van der Waals surface area (Å²) in [5.74, 6) is 0.765. The Bertz CT molecular complexity index is 689. The largest absolute Gasteiger partial charge is 0.328 e. The Hall–Kier alpha value is -1.89. The molecule has 0 unspecified atom stereocenters. The van der Waals surface area contributed by atoms with E-state index in [0.29, 0.717) is 12.6 Å². The maximum Gasteiger partial charge on any atom is 0.318 e. The molecule has 7 heteroatoms. The summed E-state index contributed by atoms with van der Waals surface area (Å²) < 4.78 is 1.70. The summed E-state index contributed by atoms with van der Waals surface area (Å²) in [6.07, 6.45) is 6.11. The number of carbonyl (C=O) groups is 1. The Labute approximate surface area is 146 Å². The van der Waals surface area contributed by atoms with Crippen molar-refractivity contribution in [1.82, 2.24) is 25.0 Å². The molecule has 0 bridgehead atoms. The second kappa shape index (κ2) is 7.34. The summed E-state index contributed by atoms with van der Waals surface area (Å²) >= 11 is 1.76. The van der Waals surface area contributed by atoms with Gasteiger partial charge in [0.25, 0.3) is 0 Å². The molecule has 2 amide bonds. The number of nitrogens with one attached hydrogen (secondary N) is 1. The van der Waals surface area contributed by atoms with Gasteiger partial charge in [-0.15, -0.1) is 11.3 Å². The average molecular weight is 347 g/mol. The number of hydrogen-bond donors (Lipinski definition) is 1. The standard InChI is InChI=1S/C17H25N5OS/c1-12-8-9-15(24-12)10-22(14-6-4-5-7-14)17(23)20-13(2)16-18-11-19-21(16)3/h8-9,11,13-14H,4-7,10H2,1-3H3,(H,20,23)/t13-/m1/s1. The number of amides is 2. The third-order valence-corrected chi connectivity index (χ3v) is 5.61. The van der Waals surface area contributed by atoms with Crippen molar-refractivity contribution in [3.63, 3.8) is 0 Å². The zero-order valence-corrected chi connectivity index (χ0v) is 15.3. The number of urea groups is 1. The second-order valence-corrected chi connectivity index (χ2v) is 7.86. The van der Waals surface area contributed by atoms with E-state index in [0.717, 1.165) is 18.7 Å². The highest BCUT2D eigenvalue weighted by atomic mass is 32.1. The molecule has 0 saturated heterocycles. The Morgan fingerprint density at radius 1 is 1.46 bits per heavy atom. The molecule has 1 N–H and O–H groups in total. The van der Waals surface area contributed by atoms with Crippen molar-refractivity contribution in [3.8, 4) is 0 Å². The van der Waals surface area contributed by atoms with Crippen molar-refractivity contribution < 1.29 is 4.79 Å². The van der Waals surface area contributed by atoms with E-state index < -0.39 is 0 Å². The van der Waals surface area contributed by atoms with Gasteiger partial charge in [-0.1, -0.05) is 12.8 Å². The van der Waals surface area contributed by atoms with Gasteiger partial charge in [0.2, 0.25) is 0 Å². The normalized spacial score (nSPS) is 16.3. The molecule has 2 aromatic rings. The van der Waals surface area contributed by atoms with E-state index in [1.54, 1.807) is 16.0 Å². The highest BCUT2D eigenvalue weighted by Crippen LogP contribution is 2.27. The van der Waals surface area contributed by atoms with Gasteiger partial charge in [0.05, 0.1) is 12.6 Å². The van der Waals surface area contributed by atoms with Crippen LogP contribution in [-0.4, -0.2) is 31.7 Å². The third kappa shape index (κ3) is 3.77. The fourth-order valence-electron chi connectivity index (χ4n) is 3.35. The number of hydrogen-bond acceptors (Lipinski definition) is 4. The van der Waals surface area contributed by atoms with Gasteiger partial charge in [0.15, 0.2) is 0 Å². The van der Waals surface area contributed by atoms with E-state index in [1.807, 2.05) is 18.9 Å². The van der Waals surface area contributed by atoms with Crippen LogP contribution in [0.3, 0.4) is 0 Å². The molecule has 1 fully saturated rings. The molecular weight excluding hydrogens is 322 g/mol. The lowest BCUT2D eigenvalue weighted by Gasteiger charge is -2.30. The Morgan fingerprint density at radius 2 is 2.21 bits per heavy atom. The Balaban J connectivity index is 1.71. The lowest BCUT2D eigenvalue weighted by atomic mass is 10.2. The minimum Gasteiger partial charge on any atom is -0.328 e. The quantitative estimate of drug-likeness (QED) is 0.901. The molecule has 0 radical (unpaired) electrons. The van der Waals surface area contributed by atoms with E-state index in [-0.39, 0.29) is 12.1 Å². The molecule has 130 valence electrons. The first-order valence-corrected chi connectivity index (χ1v) is 9.32. The van der Waals surface area contributed by atoms with E-state index in [2.05, 4.69) is 34.5 Å². The SMILES string of the molecule is Cc1ccc(CN(C(=O)N[C@H](C)c2ncnn2C)C2CCCC2)s1.